The van der Waals surface area contributed by atoms with Crippen molar-refractivity contribution in [3.05, 3.63) is 102 Å². The summed E-state index contributed by atoms with van der Waals surface area (Å²) in [6.07, 6.45) is 8.07. The monoisotopic (exact) mass is 569 g/mol. The van der Waals surface area contributed by atoms with Crippen LogP contribution in [0.15, 0.2) is 79.4 Å². The van der Waals surface area contributed by atoms with E-state index < -0.39 is 15.7 Å². The van der Waals surface area contributed by atoms with Crippen molar-refractivity contribution < 1.29 is 14.1 Å². The lowest BCUT2D eigenvalue weighted by Gasteiger charge is -2.30. The summed E-state index contributed by atoms with van der Waals surface area (Å²) in [5.41, 5.74) is 6.76. The summed E-state index contributed by atoms with van der Waals surface area (Å²) in [7, 11) is -1.33. The Labute approximate surface area is 243 Å². The Balaban J connectivity index is 1.56. The predicted octanol–water partition coefficient (Wildman–Crippen LogP) is 4.88. The van der Waals surface area contributed by atoms with E-state index in [0.29, 0.717) is 37.3 Å². The van der Waals surface area contributed by atoms with Gasteiger partial charge in [0.2, 0.25) is 0 Å². The third-order valence-corrected chi connectivity index (χ3v) is 8.98. The van der Waals surface area contributed by atoms with Gasteiger partial charge in [-0.2, -0.15) is 0 Å². The van der Waals surface area contributed by atoms with Crippen molar-refractivity contribution in [2.45, 2.75) is 50.9 Å². The number of benzene rings is 1. The van der Waals surface area contributed by atoms with Crippen LogP contribution in [0.3, 0.4) is 0 Å². The first-order chi connectivity index (χ1) is 19.8. The fourth-order valence-corrected chi connectivity index (χ4v) is 6.56. The highest BCUT2D eigenvalue weighted by Crippen LogP contribution is 2.44. The number of rotatable bonds is 9. The van der Waals surface area contributed by atoms with Gasteiger partial charge < -0.3 is 10.4 Å². The average molecular weight is 570 g/mol. The van der Waals surface area contributed by atoms with Gasteiger partial charge in [0.15, 0.2) is 0 Å². The largest absolute Gasteiger partial charge is 0.396 e. The Bertz CT molecular complexity index is 1540. The molecule has 5 rings (SSSR count). The summed E-state index contributed by atoms with van der Waals surface area (Å²) in [6.45, 7) is 6.64. The zero-order valence-electron chi connectivity index (χ0n) is 23.6. The molecule has 0 unspecified atom stereocenters. The molecule has 9 heteroatoms. The minimum Gasteiger partial charge on any atom is -0.396 e. The highest BCUT2D eigenvalue weighted by Gasteiger charge is 2.40. The van der Waals surface area contributed by atoms with Gasteiger partial charge in [-0.05, 0) is 92.3 Å². The van der Waals surface area contributed by atoms with Gasteiger partial charge in [-0.3, -0.25) is 14.8 Å². The number of nitrogens with one attached hydrogen (secondary N) is 1. The quantitative estimate of drug-likeness (QED) is 0.298. The maximum atomic E-state index is 13.6. The molecule has 41 heavy (non-hydrogen) atoms. The summed E-state index contributed by atoms with van der Waals surface area (Å²) in [5.74, 6) is -0.262. The zero-order valence-corrected chi connectivity index (χ0v) is 24.4. The van der Waals surface area contributed by atoms with Crippen molar-refractivity contribution in [3.63, 3.8) is 0 Å². The Kier molecular flexibility index (Phi) is 8.68. The van der Waals surface area contributed by atoms with Crippen molar-refractivity contribution in [2.75, 3.05) is 13.2 Å². The first-order valence-electron chi connectivity index (χ1n) is 13.8. The normalized spacial score (nSPS) is 15.9. The molecule has 1 amide bonds. The van der Waals surface area contributed by atoms with Crippen molar-refractivity contribution in [1.29, 1.82) is 0 Å². The molecule has 0 bridgehead atoms. The molecule has 212 valence electrons. The molecule has 1 aliphatic heterocycles. The van der Waals surface area contributed by atoms with Gasteiger partial charge in [0.1, 0.15) is 16.7 Å². The Morgan fingerprint density at radius 2 is 1.68 bits per heavy atom. The maximum absolute atomic E-state index is 13.6. The summed E-state index contributed by atoms with van der Waals surface area (Å²) in [4.78, 5) is 26.5. The molecule has 4 heterocycles. The first kappa shape index (κ1) is 28.7. The lowest BCUT2D eigenvalue weighted by Crippen LogP contribution is -2.36. The topological polar surface area (TPSA) is 108 Å². The van der Waals surface area contributed by atoms with E-state index in [2.05, 4.69) is 21.4 Å². The third kappa shape index (κ3) is 6.43. The Morgan fingerprint density at radius 3 is 2.37 bits per heavy atom. The Morgan fingerprint density at radius 1 is 1.00 bits per heavy atom. The van der Waals surface area contributed by atoms with E-state index >= 15 is 0 Å². The smallest absolute Gasteiger partial charge is 0.269 e. The Hall–Kier alpha value is -3.79. The lowest BCUT2D eigenvalue weighted by atomic mass is 9.94. The van der Waals surface area contributed by atoms with Gasteiger partial charge >= 0.3 is 0 Å². The van der Waals surface area contributed by atoms with Crippen molar-refractivity contribution in [3.8, 4) is 22.4 Å². The fraction of sp³-hybridized carbons (Fsp3) is 0.312. The molecule has 0 radical (unpaired) electrons. The summed E-state index contributed by atoms with van der Waals surface area (Å²) in [5, 5.41) is 13.0. The SMILES string of the molecule is CC(C)(C)[S@](=O)N1Cc2cc(C(=O)NCCc3ccncc3)nc(-c3cccc(-c4ccncc4)c3)c2[C@@H]1CCO. The second-order valence-electron chi connectivity index (χ2n) is 11.1. The average Bonchev–Trinajstić information content (AvgIpc) is 3.35. The van der Waals surface area contributed by atoms with Crippen molar-refractivity contribution in [1.82, 2.24) is 24.6 Å². The standard InChI is InChI=1S/C32H35N5O3S/c1-32(2,3)41(40)37-21-26-20-27(31(39)35-17-9-22-7-13-33-14-8-22)36-30(29(26)28(37)12-18-38)25-6-4-5-24(19-25)23-10-15-34-16-11-23/h4-8,10-11,13-16,19-20,28,38H,9,12,17-18,21H2,1-3H3,(H,35,39)/t28-,41-/m0/s1. The number of carbonyl (C=O) groups excluding carboxylic acids is 1. The van der Waals surface area contributed by atoms with Gasteiger partial charge in [0.25, 0.3) is 5.91 Å². The third-order valence-electron chi connectivity index (χ3n) is 7.12. The molecule has 4 aromatic rings. The van der Waals surface area contributed by atoms with Gasteiger partial charge in [0, 0.05) is 55.6 Å². The van der Waals surface area contributed by atoms with E-state index in [1.807, 2.05) is 73.6 Å². The van der Waals surface area contributed by atoms with Crippen LogP contribution in [0.2, 0.25) is 0 Å². The number of hydrogen-bond acceptors (Lipinski definition) is 6. The van der Waals surface area contributed by atoms with E-state index in [4.69, 9.17) is 4.98 Å². The van der Waals surface area contributed by atoms with E-state index in [0.717, 1.165) is 33.4 Å². The van der Waals surface area contributed by atoms with Crippen LogP contribution in [0, 0.1) is 0 Å². The fourth-order valence-electron chi connectivity index (χ4n) is 5.16. The molecule has 1 aliphatic rings. The van der Waals surface area contributed by atoms with E-state index in [-0.39, 0.29) is 18.6 Å². The highest BCUT2D eigenvalue weighted by atomic mass is 32.2. The zero-order chi connectivity index (χ0) is 29.0. The number of carbonyl (C=O) groups is 1. The van der Waals surface area contributed by atoms with Crippen LogP contribution < -0.4 is 5.32 Å². The van der Waals surface area contributed by atoms with E-state index in [9.17, 15) is 14.1 Å². The molecule has 0 saturated carbocycles. The number of aromatic nitrogens is 3. The second-order valence-corrected chi connectivity index (χ2v) is 13.3. The molecule has 8 nitrogen and oxygen atoms in total. The molecule has 2 atom stereocenters. The van der Waals surface area contributed by atoms with Gasteiger partial charge in [-0.25, -0.2) is 13.5 Å². The van der Waals surface area contributed by atoms with Crippen LogP contribution in [0.5, 0.6) is 0 Å². The second kappa shape index (κ2) is 12.4. The van der Waals surface area contributed by atoms with Crippen molar-refractivity contribution in [2.24, 2.45) is 0 Å². The van der Waals surface area contributed by atoms with Gasteiger partial charge in [0.05, 0.1) is 16.5 Å². The number of aliphatic hydroxyl groups excluding tert-OH is 1. The molecule has 2 N–H and O–H groups in total. The van der Waals surface area contributed by atoms with Gasteiger partial charge in [-0.15, -0.1) is 0 Å². The summed E-state index contributed by atoms with van der Waals surface area (Å²) < 4.78 is 15.1. The molecule has 1 aromatic carbocycles. The molecular formula is C32H35N5O3S. The maximum Gasteiger partial charge on any atom is 0.269 e. The van der Waals surface area contributed by atoms with Crippen LogP contribution >= 0.6 is 0 Å². The number of aliphatic hydroxyl groups is 1. The minimum atomic E-state index is -1.33. The van der Waals surface area contributed by atoms with E-state index in [1.165, 1.54) is 0 Å². The van der Waals surface area contributed by atoms with Crippen LogP contribution in [-0.2, 0) is 24.0 Å². The minimum absolute atomic E-state index is 0.0598. The number of pyridine rings is 3. The van der Waals surface area contributed by atoms with Crippen LogP contribution in [0.1, 0.15) is 60.4 Å². The first-order valence-corrected chi connectivity index (χ1v) is 14.9. The highest BCUT2D eigenvalue weighted by molar-refractivity contribution is 7.84. The van der Waals surface area contributed by atoms with Gasteiger partial charge in [-0.1, -0.05) is 18.2 Å². The summed E-state index contributed by atoms with van der Waals surface area (Å²) in [6, 6.07) is 17.3. The molecule has 0 aliphatic carbocycles. The lowest BCUT2D eigenvalue weighted by molar-refractivity contribution is 0.0949. The molecular weight excluding hydrogens is 534 g/mol. The molecule has 0 fully saturated rings. The predicted molar refractivity (Wildman–Crippen MR) is 161 cm³/mol. The summed E-state index contributed by atoms with van der Waals surface area (Å²) >= 11 is 0. The number of fused-ring (bicyclic) bond motifs is 1. The molecule has 0 spiro atoms. The van der Waals surface area contributed by atoms with E-state index in [1.54, 1.807) is 24.8 Å². The number of amides is 1. The van der Waals surface area contributed by atoms with Crippen LogP contribution in [0.4, 0.5) is 0 Å². The molecule has 0 saturated heterocycles. The van der Waals surface area contributed by atoms with Crippen molar-refractivity contribution >= 4 is 16.9 Å². The van der Waals surface area contributed by atoms with Crippen LogP contribution in [-0.4, -0.2) is 52.4 Å². The number of hydrogen-bond donors (Lipinski definition) is 2. The molecule has 3 aromatic heterocycles. The van der Waals surface area contributed by atoms with Crippen LogP contribution in [0.25, 0.3) is 22.4 Å². The number of nitrogens with zero attached hydrogens (tertiary/aromatic N) is 4.